The van der Waals surface area contributed by atoms with Crippen LogP contribution in [0.4, 0.5) is 0 Å². The lowest BCUT2D eigenvalue weighted by Gasteiger charge is -1.80. The van der Waals surface area contributed by atoms with Crippen molar-refractivity contribution < 1.29 is 0 Å². The van der Waals surface area contributed by atoms with Crippen LogP contribution in [-0.2, 0) is 0 Å². The van der Waals surface area contributed by atoms with Crippen molar-refractivity contribution in [3.05, 3.63) is 36.6 Å². The second-order valence-electron chi connectivity index (χ2n) is 1.77. The number of nitrogens with two attached hydrogens (primary N) is 1. The minimum Gasteiger partial charge on any atom is -0.399 e. The van der Waals surface area contributed by atoms with Crippen molar-refractivity contribution in [2.45, 2.75) is 6.42 Å². The lowest BCUT2D eigenvalue weighted by atomic mass is 10.3. The largest absolute Gasteiger partial charge is 0.399 e. The van der Waals surface area contributed by atoms with E-state index in [0.717, 1.165) is 0 Å². The zero-order valence-electron chi connectivity index (χ0n) is 5.88. The molecule has 1 nitrogen and oxygen atoms in total. The Bertz CT molecular complexity index is 191. The van der Waals surface area contributed by atoms with Crippen LogP contribution in [-0.4, -0.2) is 0 Å². The zero-order chi connectivity index (χ0) is 7.82. The van der Waals surface area contributed by atoms with Gasteiger partial charge in [-0.3, -0.25) is 0 Å². The molecular weight excluding hydrogens is 122 g/mol. The van der Waals surface area contributed by atoms with E-state index in [0.29, 0.717) is 12.1 Å². The molecule has 0 aliphatic heterocycles. The quantitative estimate of drug-likeness (QED) is 0.459. The zero-order valence-corrected chi connectivity index (χ0v) is 5.88. The van der Waals surface area contributed by atoms with Gasteiger partial charge in [0.1, 0.15) is 0 Å². The molecule has 0 bridgehead atoms. The minimum absolute atomic E-state index is 0.547. The van der Waals surface area contributed by atoms with Gasteiger partial charge in [-0.05, 0) is 6.08 Å². The molecule has 0 aromatic carbocycles. The number of hydrogen-bond acceptors (Lipinski definition) is 1. The van der Waals surface area contributed by atoms with Gasteiger partial charge in [-0.15, -0.1) is 12.3 Å². The molecule has 0 heterocycles. The Morgan fingerprint density at radius 1 is 1.60 bits per heavy atom. The van der Waals surface area contributed by atoms with E-state index in [1.165, 1.54) is 0 Å². The predicted octanol–water partition coefficient (Wildman–Crippen LogP) is 1.59. The molecule has 0 rings (SSSR count). The van der Waals surface area contributed by atoms with Crippen molar-refractivity contribution in [1.82, 2.24) is 0 Å². The highest BCUT2D eigenvalue weighted by atomic mass is 14.5. The van der Waals surface area contributed by atoms with Crippen molar-refractivity contribution in [1.29, 1.82) is 0 Å². The van der Waals surface area contributed by atoms with E-state index in [2.05, 4.69) is 12.5 Å². The average molecular weight is 133 g/mol. The first kappa shape index (κ1) is 8.58. The molecule has 0 aromatic heterocycles. The van der Waals surface area contributed by atoms with E-state index < -0.39 is 0 Å². The Morgan fingerprint density at radius 2 is 2.30 bits per heavy atom. The molecular formula is C9H11N. The highest BCUT2D eigenvalue weighted by Crippen LogP contribution is 1.84. The summed E-state index contributed by atoms with van der Waals surface area (Å²) in [7, 11) is 0. The Hall–Kier alpha value is -1.42. The van der Waals surface area contributed by atoms with Crippen molar-refractivity contribution in [2.75, 3.05) is 0 Å². The third-order valence-corrected chi connectivity index (χ3v) is 0.793. The fourth-order valence-electron chi connectivity index (χ4n) is 0.394. The lowest BCUT2D eigenvalue weighted by Crippen LogP contribution is -1.87. The molecule has 0 saturated heterocycles. The molecule has 0 fully saturated rings. The summed E-state index contributed by atoms with van der Waals surface area (Å²) in [5.41, 5.74) is 5.80. The van der Waals surface area contributed by atoms with Gasteiger partial charge in [0.15, 0.2) is 0 Å². The van der Waals surface area contributed by atoms with Gasteiger partial charge in [0.2, 0.25) is 0 Å². The lowest BCUT2D eigenvalue weighted by molar-refractivity contribution is 1.44. The van der Waals surface area contributed by atoms with Crippen LogP contribution in [0.3, 0.4) is 0 Å². The maximum absolute atomic E-state index is 5.25. The SMILES string of the molecule is C#CC/C=C/C=C\C(=C)N. The molecule has 0 aromatic rings. The second-order valence-corrected chi connectivity index (χ2v) is 1.77. The molecule has 0 aliphatic carbocycles. The summed E-state index contributed by atoms with van der Waals surface area (Å²) in [4.78, 5) is 0. The maximum Gasteiger partial charge on any atom is 0.0270 e. The van der Waals surface area contributed by atoms with Crippen molar-refractivity contribution in [3.8, 4) is 12.3 Å². The van der Waals surface area contributed by atoms with Crippen LogP contribution >= 0.6 is 0 Å². The molecule has 0 radical (unpaired) electrons. The fourth-order valence-corrected chi connectivity index (χ4v) is 0.394. The first-order chi connectivity index (χ1) is 4.77. The van der Waals surface area contributed by atoms with E-state index >= 15 is 0 Å². The topological polar surface area (TPSA) is 26.0 Å². The summed E-state index contributed by atoms with van der Waals surface area (Å²) in [6.07, 6.45) is 12.9. The van der Waals surface area contributed by atoms with Crippen molar-refractivity contribution in [2.24, 2.45) is 5.73 Å². The van der Waals surface area contributed by atoms with E-state index in [1.807, 2.05) is 12.2 Å². The number of rotatable bonds is 3. The Morgan fingerprint density at radius 3 is 2.80 bits per heavy atom. The van der Waals surface area contributed by atoms with Crippen molar-refractivity contribution >= 4 is 0 Å². The molecule has 0 unspecified atom stereocenters. The molecule has 1 heteroatoms. The second kappa shape index (κ2) is 5.71. The molecule has 0 spiro atoms. The van der Waals surface area contributed by atoms with E-state index in [1.54, 1.807) is 12.2 Å². The van der Waals surface area contributed by atoms with Crippen LogP contribution in [0.1, 0.15) is 6.42 Å². The van der Waals surface area contributed by atoms with Gasteiger partial charge >= 0.3 is 0 Å². The molecule has 10 heavy (non-hydrogen) atoms. The van der Waals surface area contributed by atoms with Gasteiger partial charge in [0, 0.05) is 12.1 Å². The monoisotopic (exact) mass is 133 g/mol. The van der Waals surface area contributed by atoms with Gasteiger partial charge in [-0.1, -0.05) is 24.8 Å². The standard InChI is InChI=1S/C9H11N/c1-3-4-5-6-7-8-9(2)10/h1,5-8H,2,4,10H2/b6-5+,8-7-. The molecule has 0 atom stereocenters. The summed E-state index contributed by atoms with van der Waals surface area (Å²) in [5, 5.41) is 0. The summed E-state index contributed by atoms with van der Waals surface area (Å²) >= 11 is 0. The van der Waals surface area contributed by atoms with Crippen LogP contribution in [0.5, 0.6) is 0 Å². The Labute approximate surface area is 61.9 Å². The first-order valence-corrected chi connectivity index (χ1v) is 2.98. The molecule has 0 aliphatic rings. The summed E-state index contributed by atoms with van der Waals surface area (Å²) < 4.78 is 0. The highest BCUT2D eigenvalue weighted by molar-refractivity contribution is 5.16. The summed E-state index contributed by atoms with van der Waals surface area (Å²) in [6.45, 7) is 3.49. The fraction of sp³-hybridized carbons (Fsp3) is 0.111. The van der Waals surface area contributed by atoms with E-state index in [9.17, 15) is 0 Å². The van der Waals surface area contributed by atoms with Crippen LogP contribution in [0.25, 0.3) is 0 Å². The van der Waals surface area contributed by atoms with Crippen molar-refractivity contribution in [3.63, 3.8) is 0 Å². The molecule has 52 valence electrons. The van der Waals surface area contributed by atoms with Gasteiger partial charge in [-0.2, -0.15) is 0 Å². The van der Waals surface area contributed by atoms with Gasteiger partial charge in [0.25, 0.3) is 0 Å². The maximum atomic E-state index is 5.25. The number of allylic oxidation sites excluding steroid dienone is 4. The van der Waals surface area contributed by atoms with Crippen LogP contribution in [0.15, 0.2) is 36.6 Å². The third kappa shape index (κ3) is 6.58. The van der Waals surface area contributed by atoms with Gasteiger partial charge in [0.05, 0.1) is 0 Å². The normalized spacial score (nSPS) is 10.3. The predicted molar refractivity (Wildman–Crippen MR) is 45.1 cm³/mol. The molecule has 0 saturated carbocycles. The van der Waals surface area contributed by atoms with Crippen LogP contribution in [0.2, 0.25) is 0 Å². The smallest absolute Gasteiger partial charge is 0.0270 e. The molecule has 0 amide bonds. The number of hydrogen-bond donors (Lipinski definition) is 1. The van der Waals surface area contributed by atoms with Crippen LogP contribution in [0, 0.1) is 12.3 Å². The minimum atomic E-state index is 0.547. The van der Waals surface area contributed by atoms with Gasteiger partial charge < -0.3 is 5.73 Å². The highest BCUT2D eigenvalue weighted by Gasteiger charge is 1.69. The molecule has 2 N–H and O–H groups in total. The average Bonchev–Trinajstić information content (AvgIpc) is 1.87. The Balaban J connectivity index is 3.54. The Kier molecular flexibility index (Phi) is 4.90. The van der Waals surface area contributed by atoms with Crippen LogP contribution < -0.4 is 5.73 Å². The number of terminal acetylenes is 1. The van der Waals surface area contributed by atoms with E-state index in [4.69, 9.17) is 12.2 Å². The summed E-state index contributed by atoms with van der Waals surface area (Å²) in [5.74, 6) is 2.48. The van der Waals surface area contributed by atoms with Gasteiger partial charge in [-0.25, -0.2) is 0 Å². The first-order valence-electron chi connectivity index (χ1n) is 2.98. The summed E-state index contributed by atoms with van der Waals surface area (Å²) in [6, 6.07) is 0. The van der Waals surface area contributed by atoms with E-state index in [-0.39, 0.29) is 0 Å². The third-order valence-electron chi connectivity index (χ3n) is 0.793.